The van der Waals surface area contributed by atoms with Crippen molar-refractivity contribution in [3.8, 4) is 11.5 Å². The summed E-state index contributed by atoms with van der Waals surface area (Å²) in [4.78, 5) is 16.9. The van der Waals surface area contributed by atoms with Gasteiger partial charge in [0, 0.05) is 19.5 Å². The Hall–Kier alpha value is -3.80. The summed E-state index contributed by atoms with van der Waals surface area (Å²) in [7, 11) is 0. The van der Waals surface area contributed by atoms with Crippen LogP contribution in [0.25, 0.3) is 11.0 Å². The Morgan fingerprint density at radius 1 is 0.872 bits per heavy atom. The lowest BCUT2D eigenvalue weighted by molar-refractivity contribution is -0.123. The third-order valence-corrected chi connectivity index (χ3v) is 7.10. The third-order valence-electron chi connectivity index (χ3n) is 7.10. The lowest BCUT2D eigenvalue weighted by Gasteiger charge is -2.12. The number of aryl methyl sites for hydroxylation is 2. The normalized spacial score (nSPS) is 11.8. The zero-order valence-electron chi connectivity index (χ0n) is 23.3. The fourth-order valence-corrected chi connectivity index (χ4v) is 4.64. The second-order valence-electron chi connectivity index (χ2n) is 10.0. The third kappa shape index (κ3) is 8.60. The molecule has 0 saturated carbocycles. The number of para-hydroxylation sites is 3. The number of benzene rings is 3. The maximum Gasteiger partial charge on any atom is 0.257 e. The molecule has 39 heavy (non-hydrogen) atoms. The van der Waals surface area contributed by atoms with Crippen molar-refractivity contribution in [1.82, 2.24) is 14.9 Å². The lowest BCUT2D eigenvalue weighted by atomic mass is 9.99. The number of aromatic nitrogens is 2. The molecule has 0 aliphatic carbocycles. The van der Waals surface area contributed by atoms with Crippen LogP contribution in [-0.2, 0) is 17.8 Å². The molecule has 1 heterocycles. The molecule has 6 nitrogen and oxygen atoms in total. The van der Waals surface area contributed by atoms with Crippen molar-refractivity contribution in [1.29, 1.82) is 0 Å². The molecule has 4 aromatic rings. The van der Waals surface area contributed by atoms with Gasteiger partial charge in [-0.1, -0.05) is 62.7 Å². The minimum absolute atomic E-state index is 0.0428. The van der Waals surface area contributed by atoms with Crippen LogP contribution in [0.2, 0.25) is 0 Å². The number of imidazole rings is 1. The minimum Gasteiger partial charge on any atom is -0.494 e. The van der Waals surface area contributed by atoms with Crippen molar-refractivity contribution >= 4 is 16.9 Å². The van der Waals surface area contributed by atoms with E-state index in [1.807, 2.05) is 36.4 Å². The second kappa shape index (κ2) is 15.0. The zero-order chi connectivity index (χ0) is 27.3. The highest BCUT2D eigenvalue weighted by Crippen LogP contribution is 2.22. The monoisotopic (exact) mass is 527 g/mol. The Bertz CT molecular complexity index is 1280. The van der Waals surface area contributed by atoms with Gasteiger partial charge >= 0.3 is 0 Å². The predicted molar refractivity (Wildman–Crippen MR) is 157 cm³/mol. The summed E-state index contributed by atoms with van der Waals surface area (Å²) in [6, 6.07) is 26.3. The number of unbranched alkanes of at least 4 members (excludes halogenated alkanes) is 2. The molecule has 1 aromatic heterocycles. The van der Waals surface area contributed by atoms with Crippen molar-refractivity contribution in [2.45, 2.75) is 64.8 Å². The molecule has 1 atom stereocenters. The summed E-state index contributed by atoms with van der Waals surface area (Å²) in [6.45, 7) is 6.71. The number of ether oxygens (including phenoxy) is 2. The molecule has 1 N–H and O–H groups in total. The molecule has 206 valence electrons. The number of nitrogens with one attached hydrogen (secondary N) is 1. The van der Waals surface area contributed by atoms with E-state index in [9.17, 15) is 4.79 Å². The van der Waals surface area contributed by atoms with Crippen LogP contribution in [0.3, 0.4) is 0 Å². The Labute approximate surface area is 232 Å². The number of carbonyl (C=O) groups excluding carboxylic acids is 1. The molecule has 0 aliphatic heterocycles. The summed E-state index contributed by atoms with van der Waals surface area (Å²) < 4.78 is 13.9. The van der Waals surface area contributed by atoms with Crippen molar-refractivity contribution in [3.63, 3.8) is 0 Å². The molecule has 0 fully saturated rings. The molecule has 4 rings (SSSR count). The largest absolute Gasteiger partial charge is 0.494 e. The molecule has 6 heteroatoms. The van der Waals surface area contributed by atoms with E-state index in [4.69, 9.17) is 14.5 Å². The molecule has 0 spiro atoms. The fraction of sp³-hybridized carbons (Fsp3) is 0.394. The Morgan fingerprint density at radius 3 is 2.41 bits per heavy atom. The Balaban J connectivity index is 1.19. The summed E-state index contributed by atoms with van der Waals surface area (Å²) in [6.07, 6.45) is 5.95. The van der Waals surface area contributed by atoms with Crippen molar-refractivity contribution in [2.24, 2.45) is 0 Å². The van der Waals surface area contributed by atoms with E-state index in [-0.39, 0.29) is 12.5 Å². The van der Waals surface area contributed by atoms with Gasteiger partial charge in [-0.05, 0) is 73.6 Å². The molecule has 0 radical (unpaired) electrons. The van der Waals surface area contributed by atoms with Crippen LogP contribution in [0.5, 0.6) is 11.5 Å². The maximum absolute atomic E-state index is 12.0. The smallest absolute Gasteiger partial charge is 0.257 e. The number of nitrogens with zero attached hydrogens (tertiary/aromatic N) is 2. The average molecular weight is 528 g/mol. The quantitative estimate of drug-likeness (QED) is 0.161. The number of rotatable bonds is 16. The van der Waals surface area contributed by atoms with Gasteiger partial charge in [0.1, 0.15) is 17.3 Å². The van der Waals surface area contributed by atoms with Crippen LogP contribution in [0.15, 0.2) is 78.9 Å². The first-order chi connectivity index (χ1) is 19.1. The van der Waals surface area contributed by atoms with Gasteiger partial charge in [-0.25, -0.2) is 4.98 Å². The van der Waals surface area contributed by atoms with E-state index in [2.05, 4.69) is 66.2 Å². The van der Waals surface area contributed by atoms with E-state index in [0.29, 0.717) is 24.8 Å². The zero-order valence-corrected chi connectivity index (χ0v) is 23.3. The molecule has 0 saturated heterocycles. The van der Waals surface area contributed by atoms with Gasteiger partial charge in [0.25, 0.3) is 5.91 Å². The van der Waals surface area contributed by atoms with Gasteiger partial charge in [-0.3, -0.25) is 4.79 Å². The van der Waals surface area contributed by atoms with E-state index >= 15 is 0 Å². The molecular formula is C33H41N3O3. The van der Waals surface area contributed by atoms with Crippen LogP contribution in [0.1, 0.15) is 63.3 Å². The van der Waals surface area contributed by atoms with E-state index in [1.54, 1.807) is 0 Å². The van der Waals surface area contributed by atoms with Gasteiger partial charge in [-0.15, -0.1) is 0 Å². The summed E-state index contributed by atoms with van der Waals surface area (Å²) in [5, 5.41) is 2.94. The summed E-state index contributed by atoms with van der Waals surface area (Å²) in [5.41, 5.74) is 3.58. The fourth-order valence-electron chi connectivity index (χ4n) is 4.64. The highest BCUT2D eigenvalue weighted by atomic mass is 16.5. The predicted octanol–water partition coefficient (Wildman–Crippen LogP) is 6.93. The molecule has 0 bridgehead atoms. The highest BCUT2D eigenvalue weighted by Gasteiger charge is 2.11. The van der Waals surface area contributed by atoms with E-state index in [0.717, 1.165) is 62.2 Å². The molecule has 0 aliphatic rings. The first-order valence-electron chi connectivity index (χ1n) is 14.3. The number of hydrogen-bond acceptors (Lipinski definition) is 4. The second-order valence-corrected chi connectivity index (χ2v) is 10.0. The highest BCUT2D eigenvalue weighted by molar-refractivity contribution is 5.77. The number of carbonyl (C=O) groups is 1. The van der Waals surface area contributed by atoms with Crippen molar-refractivity contribution in [2.75, 3.05) is 19.8 Å². The Kier molecular flexibility index (Phi) is 10.8. The summed E-state index contributed by atoms with van der Waals surface area (Å²) in [5.74, 6) is 3.24. The van der Waals surface area contributed by atoms with Crippen LogP contribution in [0.4, 0.5) is 0 Å². The molecule has 3 aromatic carbocycles. The van der Waals surface area contributed by atoms with Crippen LogP contribution in [-0.4, -0.2) is 35.2 Å². The summed E-state index contributed by atoms with van der Waals surface area (Å²) >= 11 is 0. The van der Waals surface area contributed by atoms with Crippen molar-refractivity contribution < 1.29 is 14.3 Å². The van der Waals surface area contributed by atoms with Crippen LogP contribution >= 0.6 is 0 Å². The van der Waals surface area contributed by atoms with Gasteiger partial charge in [0.2, 0.25) is 0 Å². The standard InChI is InChI=1S/C33H41N3O3/c1-3-26(2)27-18-20-29(21-19-27)38-24-12-23-36-31-16-10-9-15-30(31)35-32(36)17-8-5-11-22-34-33(37)25-39-28-13-6-4-7-14-28/h4,6-7,9-10,13-16,18-21,26H,3,5,8,11-12,17,22-25H2,1-2H3,(H,34,37). The lowest BCUT2D eigenvalue weighted by Crippen LogP contribution is -2.29. The maximum atomic E-state index is 12.0. The van der Waals surface area contributed by atoms with E-state index in [1.165, 1.54) is 11.1 Å². The van der Waals surface area contributed by atoms with Gasteiger partial charge < -0.3 is 19.4 Å². The topological polar surface area (TPSA) is 65.4 Å². The average Bonchev–Trinajstić information content (AvgIpc) is 3.33. The number of hydrogen-bond donors (Lipinski definition) is 1. The first kappa shape index (κ1) is 28.2. The first-order valence-corrected chi connectivity index (χ1v) is 14.3. The van der Waals surface area contributed by atoms with Gasteiger partial charge in [0.15, 0.2) is 6.61 Å². The van der Waals surface area contributed by atoms with Gasteiger partial charge in [0.05, 0.1) is 17.6 Å². The SMILES string of the molecule is CCC(C)c1ccc(OCCCn2c(CCCCCNC(=O)COc3ccccc3)nc3ccccc32)cc1. The van der Waals surface area contributed by atoms with E-state index < -0.39 is 0 Å². The molecular weight excluding hydrogens is 486 g/mol. The van der Waals surface area contributed by atoms with Crippen LogP contribution < -0.4 is 14.8 Å². The number of fused-ring (bicyclic) bond motifs is 1. The van der Waals surface area contributed by atoms with Gasteiger partial charge in [-0.2, -0.15) is 0 Å². The van der Waals surface area contributed by atoms with Crippen molar-refractivity contribution in [3.05, 3.63) is 90.3 Å². The number of amides is 1. The molecule has 1 unspecified atom stereocenters. The molecule has 1 amide bonds. The van der Waals surface area contributed by atoms with Crippen LogP contribution in [0, 0.1) is 0 Å². The minimum atomic E-state index is -0.0886. The Morgan fingerprint density at radius 2 is 1.62 bits per heavy atom.